The number of nitrogens with zero attached hydrogens (tertiary/aromatic N) is 1. The third-order valence-electron chi connectivity index (χ3n) is 5.72. The third kappa shape index (κ3) is 11.0. The van der Waals surface area contributed by atoms with E-state index in [2.05, 4.69) is 13.8 Å². The van der Waals surface area contributed by atoms with Crippen LogP contribution >= 0.6 is 0 Å². The summed E-state index contributed by atoms with van der Waals surface area (Å²) in [6, 6.07) is -0.397. The van der Waals surface area contributed by atoms with E-state index in [1.165, 1.54) is 0 Å². The fourth-order valence-electron chi connectivity index (χ4n) is 4.17. The molecule has 2 atom stereocenters. The Bertz CT molecular complexity index is 460. The standard InChI is InChI=1S/C23H52N2O7Si2/c1-9-27-33(28-10-2,29-11-3)21(7)17-15-19-25(23(24)26)20-16-18-22(8)34(30-12-4,31-13-5)32-14-6/h21-22H,9-20H2,1-8H3,(H2,24,26). The highest BCUT2D eigenvalue weighted by Gasteiger charge is 2.47. The summed E-state index contributed by atoms with van der Waals surface area (Å²) < 4.78 is 36.1. The Labute approximate surface area is 210 Å². The molecule has 0 aliphatic carbocycles. The first kappa shape index (κ1) is 33.5. The van der Waals surface area contributed by atoms with E-state index in [0.29, 0.717) is 52.7 Å². The molecule has 0 aliphatic heterocycles. The van der Waals surface area contributed by atoms with Crippen LogP contribution in [0.1, 0.15) is 81.1 Å². The van der Waals surface area contributed by atoms with Crippen LogP contribution in [0, 0.1) is 0 Å². The Kier molecular flexibility index (Phi) is 18.4. The maximum absolute atomic E-state index is 12.1. The Hall–Kier alpha value is -0.536. The quantitative estimate of drug-likeness (QED) is 0.203. The Balaban J connectivity index is 4.92. The SMILES string of the molecule is CCO[Si](OCC)(OCC)C(C)CCCN(CCCC(C)[Si](OCC)(OCC)OCC)C(N)=O. The fourth-order valence-corrected chi connectivity index (χ4v) is 9.91. The lowest BCUT2D eigenvalue weighted by Gasteiger charge is -2.34. The highest BCUT2D eigenvalue weighted by atomic mass is 28.4. The summed E-state index contributed by atoms with van der Waals surface area (Å²) in [4.78, 5) is 13.8. The van der Waals surface area contributed by atoms with Crippen LogP contribution in [0.15, 0.2) is 0 Å². The van der Waals surface area contributed by atoms with Crippen molar-refractivity contribution < 1.29 is 31.4 Å². The monoisotopic (exact) mass is 524 g/mol. The number of hydrogen-bond donors (Lipinski definition) is 1. The molecule has 34 heavy (non-hydrogen) atoms. The van der Waals surface area contributed by atoms with Crippen molar-refractivity contribution in [2.24, 2.45) is 5.73 Å². The highest BCUT2D eigenvalue weighted by molar-refractivity contribution is 6.62. The summed E-state index contributed by atoms with van der Waals surface area (Å²) in [6.45, 7) is 20.5. The van der Waals surface area contributed by atoms with Crippen molar-refractivity contribution in [3.05, 3.63) is 0 Å². The van der Waals surface area contributed by atoms with Crippen molar-refractivity contribution in [3.63, 3.8) is 0 Å². The second kappa shape index (κ2) is 18.7. The van der Waals surface area contributed by atoms with E-state index >= 15 is 0 Å². The number of urea groups is 1. The molecule has 0 aromatic rings. The van der Waals surface area contributed by atoms with Gasteiger partial charge in [0.05, 0.1) is 0 Å². The van der Waals surface area contributed by atoms with Crippen molar-refractivity contribution in [2.75, 3.05) is 52.7 Å². The highest BCUT2D eigenvalue weighted by Crippen LogP contribution is 2.31. The molecule has 0 heterocycles. The topological polar surface area (TPSA) is 102 Å². The molecule has 9 nitrogen and oxygen atoms in total. The molecule has 0 spiro atoms. The maximum atomic E-state index is 12.1. The molecule has 0 bridgehead atoms. The lowest BCUT2D eigenvalue weighted by atomic mass is 10.2. The molecule has 11 heteroatoms. The molecular formula is C23H52N2O7Si2. The minimum atomic E-state index is -2.76. The van der Waals surface area contributed by atoms with E-state index in [0.717, 1.165) is 25.7 Å². The molecule has 204 valence electrons. The van der Waals surface area contributed by atoms with E-state index in [4.69, 9.17) is 32.3 Å². The first-order chi connectivity index (χ1) is 16.2. The van der Waals surface area contributed by atoms with Gasteiger partial charge in [0.2, 0.25) is 0 Å². The minimum absolute atomic E-state index is 0.136. The summed E-state index contributed by atoms with van der Waals surface area (Å²) >= 11 is 0. The van der Waals surface area contributed by atoms with Crippen LogP contribution in [0.2, 0.25) is 11.1 Å². The number of primary amides is 1. The average molecular weight is 525 g/mol. The number of hydrogen-bond acceptors (Lipinski definition) is 7. The first-order valence-electron chi connectivity index (χ1n) is 13.1. The molecule has 0 rings (SSSR count). The normalized spacial score (nSPS) is 14.2. The van der Waals surface area contributed by atoms with Crippen LogP contribution < -0.4 is 5.73 Å². The lowest BCUT2D eigenvalue weighted by molar-refractivity contribution is 0.0608. The number of carbonyl (C=O) groups is 1. The molecule has 0 aliphatic rings. The van der Waals surface area contributed by atoms with Gasteiger partial charge < -0.3 is 37.2 Å². The summed E-state index contributed by atoms with van der Waals surface area (Å²) in [5.41, 5.74) is 5.96. The molecule has 0 aromatic carbocycles. The van der Waals surface area contributed by atoms with Gasteiger partial charge in [-0.25, -0.2) is 4.79 Å². The molecule has 0 saturated carbocycles. The summed E-state index contributed by atoms with van der Waals surface area (Å²) in [5, 5.41) is 0. The van der Waals surface area contributed by atoms with E-state index in [-0.39, 0.29) is 11.1 Å². The third-order valence-corrected chi connectivity index (χ3v) is 12.9. The zero-order valence-electron chi connectivity index (χ0n) is 23.0. The number of amides is 2. The number of rotatable bonds is 22. The number of nitrogens with two attached hydrogens (primary N) is 1. The van der Waals surface area contributed by atoms with Crippen molar-refractivity contribution in [1.82, 2.24) is 4.90 Å². The second-order valence-corrected chi connectivity index (χ2v) is 14.3. The van der Waals surface area contributed by atoms with E-state index < -0.39 is 23.6 Å². The van der Waals surface area contributed by atoms with Gasteiger partial charge in [-0.3, -0.25) is 0 Å². The average Bonchev–Trinajstić information content (AvgIpc) is 2.78. The fraction of sp³-hybridized carbons (Fsp3) is 0.957. The van der Waals surface area contributed by atoms with Gasteiger partial charge in [0.15, 0.2) is 0 Å². The van der Waals surface area contributed by atoms with Crippen LogP contribution in [-0.4, -0.2) is 81.3 Å². The van der Waals surface area contributed by atoms with Crippen molar-refractivity contribution >= 4 is 23.6 Å². The van der Waals surface area contributed by atoms with E-state index in [1.807, 2.05) is 41.5 Å². The predicted molar refractivity (Wildman–Crippen MR) is 140 cm³/mol. The first-order valence-corrected chi connectivity index (χ1v) is 16.7. The Morgan fingerprint density at radius 3 is 1.12 bits per heavy atom. The molecule has 0 radical (unpaired) electrons. The second-order valence-electron chi connectivity index (χ2n) is 8.22. The van der Waals surface area contributed by atoms with Gasteiger partial charge in [-0.2, -0.15) is 0 Å². The van der Waals surface area contributed by atoms with Gasteiger partial charge in [0.25, 0.3) is 0 Å². The van der Waals surface area contributed by atoms with Crippen molar-refractivity contribution in [2.45, 2.75) is 92.2 Å². The van der Waals surface area contributed by atoms with Crippen molar-refractivity contribution in [3.8, 4) is 0 Å². The van der Waals surface area contributed by atoms with Gasteiger partial charge in [-0.1, -0.05) is 13.8 Å². The van der Waals surface area contributed by atoms with Gasteiger partial charge in [0, 0.05) is 63.8 Å². The molecule has 0 aromatic heterocycles. The summed E-state index contributed by atoms with van der Waals surface area (Å²) in [6.07, 6.45) is 3.28. The van der Waals surface area contributed by atoms with Gasteiger partial charge in [0.1, 0.15) is 0 Å². The molecular weight excluding hydrogens is 472 g/mol. The van der Waals surface area contributed by atoms with Gasteiger partial charge >= 0.3 is 23.6 Å². The summed E-state index contributed by atoms with van der Waals surface area (Å²) in [7, 11) is -5.51. The van der Waals surface area contributed by atoms with Crippen LogP contribution in [0.25, 0.3) is 0 Å². The zero-order chi connectivity index (χ0) is 26.0. The maximum Gasteiger partial charge on any atom is 0.503 e. The Morgan fingerprint density at radius 2 is 0.912 bits per heavy atom. The van der Waals surface area contributed by atoms with Crippen molar-refractivity contribution in [1.29, 1.82) is 0 Å². The smallest absolute Gasteiger partial charge is 0.374 e. The van der Waals surface area contributed by atoms with Gasteiger partial charge in [-0.15, -0.1) is 0 Å². The van der Waals surface area contributed by atoms with Crippen LogP contribution in [0.3, 0.4) is 0 Å². The number of carbonyl (C=O) groups excluding carboxylic acids is 1. The van der Waals surface area contributed by atoms with Crippen LogP contribution in [0.5, 0.6) is 0 Å². The summed E-state index contributed by atoms with van der Waals surface area (Å²) in [5.74, 6) is 0. The molecule has 0 fully saturated rings. The minimum Gasteiger partial charge on any atom is -0.374 e. The predicted octanol–water partition coefficient (Wildman–Crippen LogP) is 4.80. The van der Waals surface area contributed by atoms with E-state index in [1.54, 1.807) is 4.90 Å². The molecule has 2 amide bonds. The van der Waals surface area contributed by atoms with Crippen LogP contribution in [-0.2, 0) is 26.6 Å². The molecule has 2 unspecified atom stereocenters. The van der Waals surface area contributed by atoms with E-state index in [9.17, 15) is 4.79 Å². The zero-order valence-corrected chi connectivity index (χ0v) is 25.0. The molecule has 0 saturated heterocycles. The van der Waals surface area contributed by atoms with Crippen LogP contribution in [0.4, 0.5) is 4.79 Å². The molecule has 2 N–H and O–H groups in total. The Morgan fingerprint density at radius 1 is 0.647 bits per heavy atom. The largest absolute Gasteiger partial charge is 0.503 e. The van der Waals surface area contributed by atoms with Gasteiger partial charge in [-0.05, 0) is 67.2 Å². The lowest BCUT2D eigenvalue weighted by Crippen LogP contribution is -2.50.